The number of anilines is 1. The zero-order chi connectivity index (χ0) is 18.4. The number of methoxy groups -OCH3 is 1. The Kier molecular flexibility index (Phi) is 5.99. The fourth-order valence-electron chi connectivity index (χ4n) is 2.88. The molecule has 1 aliphatic rings. The first-order valence-corrected chi connectivity index (χ1v) is 8.55. The summed E-state index contributed by atoms with van der Waals surface area (Å²) in [5.41, 5.74) is 2.40. The van der Waals surface area contributed by atoms with Crippen LogP contribution in [-0.4, -0.2) is 50.2 Å². The molecular weight excluding hydrogens is 332 g/mol. The molecule has 1 saturated heterocycles. The van der Waals surface area contributed by atoms with Crippen LogP contribution in [0, 0.1) is 0 Å². The van der Waals surface area contributed by atoms with Crippen LogP contribution in [0.25, 0.3) is 0 Å². The fourth-order valence-corrected chi connectivity index (χ4v) is 2.88. The van der Waals surface area contributed by atoms with E-state index in [1.165, 1.54) is 12.7 Å². The zero-order valence-corrected chi connectivity index (χ0v) is 14.7. The second-order valence-corrected chi connectivity index (χ2v) is 6.08. The number of carbonyl (C=O) groups excluding carboxylic acids is 2. The maximum atomic E-state index is 12.5. The molecule has 1 fully saturated rings. The van der Waals surface area contributed by atoms with Crippen LogP contribution in [0.5, 0.6) is 0 Å². The number of amides is 1. The SMILES string of the molecule is COC(=O)c1ccccc1C(=O)Nc1ccc(CN2CCOCC2)cc1. The molecule has 0 radical (unpaired) electrons. The molecule has 3 rings (SSSR count). The van der Waals surface area contributed by atoms with Crippen LogP contribution in [-0.2, 0) is 16.0 Å². The van der Waals surface area contributed by atoms with Gasteiger partial charge in [0.1, 0.15) is 0 Å². The second kappa shape index (κ2) is 8.60. The van der Waals surface area contributed by atoms with Gasteiger partial charge in [0.05, 0.1) is 31.5 Å². The normalized spacial score (nSPS) is 14.7. The highest BCUT2D eigenvalue weighted by atomic mass is 16.5. The van der Waals surface area contributed by atoms with Crippen LogP contribution in [0.1, 0.15) is 26.3 Å². The van der Waals surface area contributed by atoms with Crippen molar-refractivity contribution >= 4 is 17.6 Å². The Morgan fingerprint density at radius 2 is 1.69 bits per heavy atom. The maximum Gasteiger partial charge on any atom is 0.338 e. The number of rotatable bonds is 5. The first kappa shape index (κ1) is 18.1. The van der Waals surface area contributed by atoms with Crippen molar-refractivity contribution in [1.29, 1.82) is 0 Å². The molecule has 2 aromatic carbocycles. The van der Waals surface area contributed by atoms with Gasteiger partial charge in [-0.3, -0.25) is 9.69 Å². The van der Waals surface area contributed by atoms with Crippen LogP contribution < -0.4 is 5.32 Å². The van der Waals surface area contributed by atoms with Crippen molar-refractivity contribution in [2.45, 2.75) is 6.54 Å². The number of hydrogen-bond donors (Lipinski definition) is 1. The lowest BCUT2D eigenvalue weighted by molar-refractivity contribution is 0.0342. The molecule has 2 aromatic rings. The lowest BCUT2D eigenvalue weighted by Gasteiger charge is -2.26. The van der Waals surface area contributed by atoms with E-state index in [1.54, 1.807) is 24.3 Å². The maximum absolute atomic E-state index is 12.5. The smallest absolute Gasteiger partial charge is 0.338 e. The molecule has 1 aliphatic heterocycles. The lowest BCUT2D eigenvalue weighted by atomic mass is 10.1. The number of carbonyl (C=O) groups is 2. The monoisotopic (exact) mass is 354 g/mol. The van der Waals surface area contributed by atoms with Crippen LogP contribution in [0.4, 0.5) is 5.69 Å². The summed E-state index contributed by atoms with van der Waals surface area (Å²) in [4.78, 5) is 26.7. The number of nitrogens with one attached hydrogen (secondary N) is 1. The van der Waals surface area contributed by atoms with Gasteiger partial charge in [-0.05, 0) is 29.8 Å². The molecule has 1 amide bonds. The van der Waals surface area contributed by atoms with E-state index in [0.717, 1.165) is 32.8 Å². The highest BCUT2D eigenvalue weighted by Gasteiger charge is 2.17. The first-order chi connectivity index (χ1) is 12.7. The third kappa shape index (κ3) is 4.47. The molecule has 0 aliphatic carbocycles. The van der Waals surface area contributed by atoms with Gasteiger partial charge >= 0.3 is 5.97 Å². The third-order valence-electron chi connectivity index (χ3n) is 4.30. The molecule has 6 heteroatoms. The van der Waals surface area contributed by atoms with Crippen molar-refractivity contribution in [1.82, 2.24) is 4.90 Å². The molecule has 1 N–H and O–H groups in total. The Labute approximate surface area is 152 Å². The zero-order valence-electron chi connectivity index (χ0n) is 14.7. The molecule has 6 nitrogen and oxygen atoms in total. The van der Waals surface area contributed by atoms with E-state index in [-0.39, 0.29) is 17.0 Å². The predicted molar refractivity (Wildman–Crippen MR) is 98.3 cm³/mol. The molecule has 0 aromatic heterocycles. The molecule has 1 heterocycles. The van der Waals surface area contributed by atoms with Gasteiger partial charge in [-0.1, -0.05) is 24.3 Å². The number of ether oxygens (including phenoxy) is 2. The Bertz CT molecular complexity index is 768. The Balaban J connectivity index is 1.65. The average Bonchev–Trinajstić information content (AvgIpc) is 2.69. The molecule has 136 valence electrons. The number of esters is 1. The third-order valence-corrected chi connectivity index (χ3v) is 4.30. The van der Waals surface area contributed by atoms with Gasteiger partial charge < -0.3 is 14.8 Å². The van der Waals surface area contributed by atoms with Gasteiger partial charge in [-0.2, -0.15) is 0 Å². The van der Waals surface area contributed by atoms with E-state index in [9.17, 15) is 9.59 Å². The Morgan fingerprint density at radius 3 is 2.35 bits per heavy atom. The molecule has 26 heavy (non-hydrogen) atoms. The number of benzene rings is 2. The minimum absolute atomic E-state index is 0.247. The highest BCUT2D eigenvalue weighted by molar-refractivity contribution is 6.11. The van der Waals surface area contributed by atoms with E-state index < -0.39 is 5.97 Å². The fraction of sp³-hybridized carbons (Fsp3) is 0.300. The highest BCUT2D eigenvalue weighted by Crippen LogP contribution is 2.16. The molecule has 0 unspecified atom stereocenters. The van der Waals surface area contributed by atoms with Crippen LogP contribution in [0.15, 0.2) is 48.5 Å². The Morgan fingerprint density at radius 1 is 1.04 bits per heavy atom. The molecular formula is C20H22N2O4. The van der Waals surface area contributed by atoms with Gasteiger partial charge in [0.15, 0.2) is 0 Å². The summed E-state index contributed by atoms with van der Waals surface area (Å²) in [6, 6.07) is 14.3. The molecule has 0 bridgehead atoms. The lowest BCUT2D eigenvalue weighted by Crippen LogP contribution is -2.35. The standard InChI is InChI=1S/C20H22N2O4/c1-25-20(24)18-5-3-2-4-17(18)19(23)21-16-8-6-15(7-9-16)14-22-10-12-26-13-11-22/h2-9H,10-14H2,1H3,(H,21,23). The molecule has 0 atom stereocenters. The minimum atomic E-state index is -0.531. The van der Waals surface area contributed by atoms with Crippen molar-refractivity contribution in [3.63, 3.8) is 0 Å². The summed E-state index contributed by atoms with van der Waals surface area (Å²) in [5.74, 6) is -0.872. The quantitative estimate of drug-likeness (QED) is 0.836. The van der Waals surface area contributed by atoms with Crippen LogP contribution >= 0.6 is 0 Å². The number of nitrogens with zero attached hydrogens (tertiary/aromatic N) is 1. The van der Waals surface area contributed by atoms with Crippen molar-refractivity contribution in [3.8, 4) is 0 Å². The van der Waals surface area contributed by atoms with Gasteiger partial charge in [-0.25, -0.2) is 4.79 Å². The molecule has 0 saturated carbocycles. The van der Waals surface area contributed by atoms with E-state index in [2.05, 4.69) is 10.2 Å². The van der Waals surface area contributed by atoms with E-state index in [4.69, 9.17) is 9.47 Å². The van der Waals surface area contributed by atoms with Crippen molar-refractivity contribution < 1.29 is 19.1 Å². The second-order valence-electron chi connectivity index (χ2n) is 6.08. The summed E-state index contributed by atoms with van der Waals surface area (Å²) in [7, 11) is 1.30. The van der Waals surface area contributed by atoms with Crippen LogP contribution in [0.3, 0.4) is 0 Å². The topological polar surface area (TPSA) is 67.9 Å². The Hall–Kier alpha value is -2.70. The number of morpholine rings is 1. The van der Waals surface area contributed by atoms with Crippen molar-refractivity contribution in [2.75, 3.05) is 38.7 Å². The van der Waals surface area contributed by atoms with Crippen LogP contribution in [0.2, 0.25) is 0 Å². The summed E-state index contributed by atoms with van der Waals surface area (Å²) < 4.78 is 10.1. The number of hydrogen-bond acceptors (Lipinski definition) is 5. The summed E-state index contributed by atoms with van der Waals surface area (Å²) in [6.45, 7) is 4.27. The largest absolute Gasteiger partial charge is 0.465 e. The minimum Gasteiger partial charge on any atom is -0.465 e. The van der Waals surface area contributed by atoms with E-state index >= 15 is 0 Å². The predicted octanol–water partition coefficient (Wildman–Crippen LogP) is 2.56. The van der Waals surface area contributed by atoms with E-state index in [0.29, 0.717) is 5.69 Å². The average molecular weight is 354 g/mol. The first-order valence-electron chi connectivity index (χ1n) is 8.55. The van der Waals surface area contributed by atoms with Gasteiger partial charge in [0.25, 0.3) is 5.91 Å². The summed E-state index contributed by atoms with van der Waals surface area (Å²) in [6.07, 6.45) is 0. The summed E-state index contributed by atoms with van der Waals surface area (Å²) >= 11 is 0. The van der Waals surface area contributed by atoms with Crippen molar-refractivity contribution in [3.05, 3.63) is 65.2 Å². The van der Waals surface area contributed by atoms with Crippen molar-refractivity contribution in [2.24, 2.45) is 0 Å². The van der Waals surface area contributed by atoms with Gasteiger partial charge in [0, 0.05) is 25.3 Å². The van der Waals surface area contributed by atoms with Gasteiger partial charge in [0.2, 0.25) is 0 Å². The summed E-state index contributed by atoms with van der Waals surface area (Å²) in [5, 5.41) is 2.83. The van der Waals surface area contributed by atoms with E-state index in [1.807, 2.05) is 24.3 Å². The molecule has 0 spiro atoms. The van der Waals surface area contributed by atoms with Gasteiger partial charge in [-0.15, -0.1) is 0 Å².